The van der Waals surface area contributed by atoms with Crippen molar-refractivity contribution in [3.8, 4) is 0 Å². The molecular weight excluding hydrogens is 372 g/mol. The zero-order valence-electron chi connectivity index (χ0n) is 14.7. The summed E-state index contributed by atoms with van der Waals surface area (Å²) in [7, 11) is 0. The highest BCUT2D eigenvalue weighted by molar-refractivity contribution is 6.30. The Balaban J connectivity index is 1.65. The molecule has 2 heterocycles. The van der Waals surface area contributed by atoms with Crippen LogP contribution in [-0.2, 0) is 11.3 Å². The number of aryl methyl sites for hydroxylation is 1. The first-order chi connectivity index (χ1) is 12.8. The number of nitrogens with zero attached hydrogens (tertiary/aromatic N) is 5. The van der Waals surface area contributed by atoms with Gasteiger partial charge < -0.3 is 5.32 Å². The van der Waals surface area contributed by atoms with Crippen LogP contribution in [0.3, 0.4) is 0 Å². The molecule has 0 saturated carbocycles. The van der Waals surface area contributed by atoms with Gasteiger partial charge in [-0.25, -0.2) is 0 Å². The first-order valence-electron chi connectivity index (χ1n) is 8.11. The standard InChI is InChI=1S/C17H17ClN6O3/c1-11-16(24(26)27)10-23(21-11)12(2)17(25)20-15-7-19-22(9-15)8-13-3-5-14(18)6-4-13/h3-7,9-10,12H,8H2,1-2H3,(H,20,25). The molecule has 3 aromatic rings. The molecule has 1 atom stereocenters. The van der Waals surface area contributed by atoms with Gasteiger partial charge in [0.1, 0.15) is 17.9 Å². The van der Waals surface area contributed by atoms with Crippen molar-refractivity contribution in [2.24, 2.45) is 0 Å². The molecule has 1 N–H and O–H groups in total. The third kappa shape index (κ3) is 4.32. The van der Waals surface area contributed by atoms with Crippen molar-refractivity contribution < 1.29 is 9.72 Å². The van der Waals surface area contributed by atoms with Gasteiger partial charge in [0, 0.05) is 11.2 Å². The van der Waals surface area contributed by atoms with E-state index in [1.54, 1.807) is 29.9 Å². The molecular formula is C17H17ClN6O3. The van der Waals surface area contributed by atoms with Crippen LogP contribution in [0.1, 0.15) is 24.2 Å². The maximum atomic E-state index is 12.4. The number of hydrogen-bond donors (Lipinski definition) is 1. The molecule has 1 unspecified atom stereocenters. The summed E-state index contributed by atoms with van der Waals surface area (Å²) in [5, 5.41) is 22.6. The van der Waals surface area contributed by atoms with E-state index >= 15 is 0 Å². The Bertz CT molecular complexity index is 979. The molecule has 0 radical (unpaired) electrons. The summed E-state index contributed by atoms with van der Waals surface area (Å²) in [4.78, 5) is 22.8. The predicted molar refractivity (Wildman–Crippen MR) is 99.7 cm³/mol. The number of nitro groups is 1. The third-order valence-electron chi connectivity index (χ3n) is 4.02. The van der Waals surface area contributed by atoms with Gasteiger partial charge >= 0.3 is 5.69 Å². The van der Waals surface area contributed by atoms with E-state index in [4.69, 9.17) is 11.6 Å². The minimum atomic E-state index is -0.711. The Hall–Kier alpha value is -3.20. The van der Waals surface area contributed by atoms with Crippen molar-refractivity contribution in [3.05, 3.63) is 69.3 Å². The van der Waals surface area contributed by atoms with Gasteiger partial charge in [0.25, 0.3) is 0 Å². The van der Waals surface area contributed by atoms with Crippen LogP contribution < -0.4 is 5.32 Å². The number of rotatable bonds is 6. The lowest BCUT2D eigenvalue weighted by Crippen LogP contribution is -2.24. The van der Waals surface area contributed by atoms with E-state index in [1.807, 2.05) is 12.1 Å². The SMILES string of the molecule is Cc1nn(C(C)C(=O)Nc2cnn(Cc3ccc(Cl)cc3)c2)cc1[N+](=O)[O-]. The summed E-state index contributed by atoms with van der Waals surface area (Å²) in [5.41, 5.74) is 1.69. The molecule has 10 heteroatoms. The molecule has 140 valence electrons. The van der Waals surface area contributed by atoms with Crippen LogP contribution in [0.2, 0.25) is 5.02 Å². The molecule has 0 bridgehead atoms. The van der Waals surface area contributed by atoms with Crippen LogP contribution in [0.25, 0.3) is 0 Å². The minimum absolute atomic E-state index is 0.120. The Kier molecular flexibility index (Phi) is 5.22. The van der Waals surface area contributed by atoms with E-state index < -0.39 is 11.0 Å². The molecule has 0 spiro atoms. The number of amides is 1. The zero-order valence-corrected chi connectivity index (χ0v) is 15.4. The lowest BCUT2D eigenvalue weighted by Gasteiger charge is -2.11. The largest absolute Gasteiger partial charge is 0.322 e. The lowest BCUT2D eigenvalue weighted by molar-refractivity contribution is -0.385. The Morgan fingerprint density at radius 1 is 1.33 bits per heavy atom. The molecule has 0 aliphatic rings. The predicted octanol–water partition coefficient (Wildman–Crippen LogP) is 3.20. The van der Waals surface area contributed by atoms with Gasteiger partial charge in [-0.1, -0.05) is 23.7 Å². The lowest BCUT2D eigenvalue weighted by atomic mass is 10.2. The van der Waals surface area contributed by atoms with Gasteiger partial charge in [-0.2, -0.15) is 10.2 Å². The molecule has 3 rings (SSSR count). The van der Waals surface area contributed by atoms with Gasteiger partial charge in [0.05, 0.1) is 23.4 Å². The van der Waals surface area contributed by atoms with Gasteiger partial charge in [0.15, 0.2) is 0 Å². The van der Waals surface area contributed by atoms with E-state index in [1.165, 1.54) is 24.0 Å². The molecule has 1 amide bonds. The summed E-state index contributed by atoms with van der Waals surface area (Å²) in [6.45, 7) is 3.68. The van der Waals surface area contributed by atoms with Gasteiger partial charge in [-0.3, -0.25) is 24.3 Å². The second-order valence-corrected chi connectivity index (χ2v) is 6.49. The summed E-state index contributed by atoms with van der Waals surface area (Å²) in [6, 6.07) is 6.69. The van der Waals surface area contributed by atoms with Crippen molar-refractivity contribution >= 4 is 28.9 Å². The summed E-state index contributed by atoms with van der Waals surface area (Å²) < 4.78 is 2.97. The smallest absolute Gasteiger partial charge is 0.309 e. The topological polar surface area (TPSA) is 108 Å². The highest BCUT2D eigenvalue weighted by atomic mass is 35.5. The van der Waals surface area contributed by atoms with Crippen molar-refractivity contribution in [3.63, 3.8) is 0 Å². The van der Waals surface area contributed by atoms with E-state index in [0.29, 0.717) is 17.3 Å². The second-order valence-electron chi connectivity index (χ2n) is 6.06. The number of carbonyl (C=O) groups excluding carboxylic acids is 1. The average molecular weight is 389 g/mol. The molecule has 27 heavy (non-hydrogen) atoms. The Labute approximate surface area is 159 Å². The number of benzene rings is 1. The van der Waals surface area contributed by atoms with Gasteiger partial charge in [-0.05, 0) is 31.5 Å². The molecule has 1 aromatic carbocycles. The summed E-state index contributed by atoms with van der Waals surface area (Å²) >= 11 is 5.87. The van der Waals surface area contributed by atoms with Crippen molar-refractivity contribution in [1.29, 1.82) is 0 Å². The highest BCUT2D eigenvalue weighted by Gasteiger charge is 2.22. The molecule has 0 saturated heterocycles. The number of anilines is 1. The highest BCUT2D eigenvalue weighted by Crippen LogP contribution is 2.19. The third-order valence-corrected chi connectivity index (χ3v) is 4.27. The number of halogens is 1. The van der Waals surface area contributed by atoms with E-state index in [0.717, 1.165) is 5.56 Å². The monoisotopic (exact) mass is 388 g/mol. The van der Waals surface area contributed by atoms with E-state index in [2.05, 4.69) is 15.5 Å². The van der Waals surface area contributed by atoms with Crippen LogP contribution in [-0.4, -0.2) is 30.4 Å². The fourth-order valence-corrected chi connectivity index (χ4v) is 2.63. The maximum Gasteiger partial charge on any atom is 0.309 e. The molecule has 0 aliphatic heterocycles. The van der Waals surface area contributed by atoms with Crippen LogP contribution >= 0.6 is 11.6 Å². The minimum Gasteiger partial charge on any atom is -0.322 e. The summed E-state index contributed by atoms with van der Waals surface area (Å²) in [6.07, 6.45) is 4.50. The molecule has 0 aliphatic carbocycles. The van der Waals surface area contributed by atoms with Crippen LogP contribution in [0.15, 0.2) is 42.9 Å². The number of hydrogen-bond acceptors (Lipinski definition) is 5. The quantitative estimate of drug-likeness (QED) is 0.515. The number of carbonyl (C=O) groups is 1. The molecule has 0 fully saturated rings. The van der Waals surface area contributed by atoms with Gasteiger partial charge in [0.2, 0.25) is 5.91 Å². The van der Waals surface area contributed by atoms with Crippen molar-refractivity contribution in [2.75, 3.05) is 5.32 Å². The second kappa shape index (κ2) is 7.58. The Morgan fingerprint density at radius 2 is 2.04 bits per heavy atom. The average Bonchev–Trinajstić information content (AvgIpc) is 3.22. The number of aromatic nitrogens is 4. The first kappa shape index (κ1) is 18.6. The van der Waals surface area contributed by atoms with Crippen LogP contribution in [0, 0.1) is 17.0 Å². The fourth-order valence-electron chi connectivity index (χ4n) is 2.51. The van der Waals surface area contributed by atoms with E-state index in [-0.39, 0.29) is 17.3 Å². The molecule has 2 aromatic heterocycles. The Morgan fingerprint density at radius 3 is 2.67 bits per heavy atom. The zero-order chi connectivity index (χ0) is 19.6. The van der Waals surface area contributed by atoms with Gasteiger partial charge in [-0.15, -0.1) is 0 Å². The fraction of sp³-hybridized carbons (Fsp3) is 0.235. The summed E-state index contributed by atoms with van der Waals surface area (Å²) in [5.74, 6) is -0.349. The first-order valence-corrected chi connectivity index (χ1v) is 8.49. The maximum absolute atomic E-state index is 12.4. The van der Waals surface area contributed by atoms with Crippen molar-refractivity contribution in [1.82, 2.24) is 19.6 Å². The van der Waals surface area contributed by atoms with Crippen LogP contribution in [0.5, 0.6) is 0 Å². The van der Waals surface area contributed by atoms with E-state index in [9.17, 15) is 14.9 Å². The normalized spacial score (nSPS) is 12.0. The number of nitrogens with one attached hydrogen (secondary N) is 1. The molecule has 9 nitrogen and oxygen atoms in total. The van der Waals surface area contributed by atoms with Crippen molar-refractivity contribution in [2.45, 2.75) is 26.4 Å². The van der Waals surface area contributed by atoms with Crippen LogP contribution in [0.4, 0.5) is 11.4 Å².